The first-order valence-electron chi connectivity index (χ1n) is 6.63. The van der Waals surface area contributed by atoms with Crippen LogP contribution in [0.3, 0.4) is 0 Å². The molecule has 11 heteroatoms. The lowest BCUT2D eigenvalue weighted by Crippen LogP contribution is -2.42. The maximum Gasteiger partial charge on any atom is 0.471 e. The van der Waals surface area contributed by atoms with Crippen LogP contribution in [0.4, 0.5) is 13.2 Å². The largest absolute Gasteiger partial charge is 0.481 e. The highest BCUT2D eigenvalue weighted by molar-refractivity contribution is 5.86. The van der Waals surface area contributed by atoms with Gasteiger partial charge in [0.15, 0.2) is 0 Å². The number of hydrogen-bond donors (Lipinski definition) is 4. The summed E-state index contributed by atoms with van der Waals surface area (Å²) in [6.45, 7) is -0.198. The molecule has 0 unspecified atom stereocenters. The Morgan fingerprint density at radius 2 is 1.61 bits per heavy atom. The number of carboxylic acid groups (broad SMARTS) is 2. The second-order valence-electron chi connectivity index (χ2n) is 4.62. The van der Waals surface area contributed by atoms with Gasteiger partial charge in [0, 0.05) is 13.0 Å². The van der Waals surface area contributed by atoms with E-state index in [0.717, 1.165) is 0 Å². The molecule has 0 rings (SSSR count). The number of rotatable bonds is 10. The lowest BCUT2D eigenvalue weighted by molar-refractivity contribution is -0.173. The maximum atomic E-state index is 11.9. The zero-order valence-electron chi connectivity index (χ0n) is 12.0. The van der Waals surface area contributed by atoms with Gasteiger partial charge in [0.05, 0.1) is 6.42 Å². The minimum absolute atomic E-state index is 0.101. The van der Waals surface area contributed by atoms with Gasteiger partial charge >= 0.3 is 24.0 Å². The maximum absolute atomic E-state index is 11.9. The number of carbonyl (C=O) groups is 4. The lowest BCUT2D eigenvalue weighted by Gasteiger charge is -2.12. The first-order valence-corrected chi connectivity index (χ1v) is 6.63. The number of carbonyl (C=O) groups excluding carboxylic acids is 2. The van der Waals surface area contributed by atoms with E-state index in [1.54, 1.807) is 5.32 Å². The summed E-state index contributed by atoms with van der Waals surface area (Å²) in [4.78, 5) is 43.0. The van der Waals surface area contributed by atoms with Gasteiger partial charge in [-0.3, -0.25) is 14.4 Å². The summed E-state index contributed by atoms with van der Waals surface area (Å²) in [5, 5.41) is 20.9. The molecule has 23 heavy (non-hydrogen) atoms. The van der Waals surface area contributed by atoms with Crippen molar-refractivity contribution in [3.05, 3.63) is 0 Å². The minimum atomic E-state index is -4.93. The average Bonchev–Trinajstić information content (AvgIpc) is 2.39. The number of aliphatic carboxylic acids is 2. The first kappa shape index (κ1) is 20.7. The fourth-order valence-corrected chi connectivity index (χ4v) is 1.53. The van der Waals surface area contributed by atoms with Crippen molar-refractivity contribution in [2.24, 2.45) is 0 Å². The van der Waals surface area contributed by atoms with Crippen LogP contribution in [0, 0.1) is 0 Å². The van der Waals surface area contributed by atoms with Crippen LogP contribution < -0.4 is 10.6 Å². The third kappa shape index (κ3) is 10.1. The Balaban J connectivity index is 3.88. The van der Waals surface area contributed by atoms with E-state index in [9.17, 15) is 32.3 Å². The molecule has 0 saturated heterocycles. The van der Waals surface area contributed by atoms with Crippen molar-refractivity contribution in [1.29, 1.82) is 0 Å². The number of nitrogens with one attached hydrogen (secondary N) is 2. The quantitative estimate of drug-likeness (QED) is 0.421. The Labute approximate surface area is 129 Å². The van der Waals surface area contributed by atoms with Crippen molar-refractivity contribution in [2.45, 2.75) is 44.3 Å². The van der Waals surface area contributed by atoms with Gasteiger partial charge < -0.3 is 20.8 Å². The fraction of sp³-hybridized carbons (Fsp3) is 0.667. The topological polar surface area (TPSA) is 133 Å². The van der Waals surface area contributed by atoms with Gasteiger partial charge in [0.2, 0.25) is 5.91 Å². The molecule has 0 radical (unpaired) electrons. The summed E-state index contributed by atoms with van der Waals surface area (Å²) in [5.41, 5.74) is 0. The highest BCUT2D eigenvalue weighted by Gasteiger charge is 2.38. The summed E-state index contributed by atoms with van der Waals surface area (Å²) in [6, 6.07) is -1.54. The second-order valence-corrected chi connectivity index (χ2v) is 4.62. The van der Waals surface area contributed by atoms with Gasteiger partial charge in [0.25, 0.3) is 0 Å². The Kier molecular flexibility index (Phi) is 8.66. The minimum Gasteiger partial charge on any atom is -0.481 e. The van der Waals surface area contributed by atoms with Crippen LogP contribution in [0.2, 0.25) is 0 Å². The highest BCUT2D eigenvalue weighted by atomic mass is 19.4. The molecule has 4 N–H and O–H groups in total. The van der Waals surface area contributed by atoms with Crippen LogP contribution in [-0.2, 0) is 19.2 Å². The fourth-order valence-electron chi connectivity index (χ4n) is 1.53. The number of carboxylic acids is 2. The standard InChI is InChI=1S/C12H17F3N2O6/c13-12(14,15)11(23)16-5-3-1-2-4-8(18)17-7(10(21)22)6-9(19)20/h7H,1-6H2,(H,16,23)(H,17,18)(H,19,20)(H,21,22)/t7-/m0/s1. The molecule has 1 atom stereocenters. The van der Waals surface area contributed by atoms with Crippen molar-refractivity contribution in [2.75, 3.05) is 6.54 Å². The van der Waals surface area contributed by atoms with Crippen molar-refractivity contribution in [3.63, 3.8) is 0 Å². The molecule has 132 valence electrons. The third-order valence-corrected chi connectivity index (χ3v) is 2.64. The normalized spacial score (nSPS) is 12.3. The van der Waals surface area contributed by atoms with Gasteiger partial charge in [-0.2, -0.15) is 13.2 Å². The third-order valence-electron chi connectivity index (χ3n) is 2.64. The molecule has 0 bridgehead atoms. The molecular weight excluding hydrogens is 325 g/mol. The summed E-state index contributed by atoms with van der Waals surface area (Å²) < 4.78 is 35.6. The van der Waals surface area contributed by atoms with Crippen LogP contribution in [0.5, 0.6) is 0 Å². The number of amides is 2. The SMILES string of the molecule is O=C(O)C[C@H](NC(=O)CCCCCNC(=O)C(F)(F)F)C(=O)O. The highest BCUT2D eigenvalue weighted by Crippen LogP contribution is 2.14. The summed E-state index contributed by atoms with van der Waals surface area (Å²) in [6.07, 6.45) is -4.99. The van der Waals surface area contributed by atoms with E-state index < -0.39 is 42.4 Å². The van der Waals surface area contributed by atoms with Crippen LogP contribution >= 0.6 is 0 Å². The second kappa shape index (κ2) is 9.64. The molecule has 0 spiro atoms. The molecule has 0 aromatic heterocycles. The van der Waals surface area contributed by atoms with Crippen molar-refractivity contribution >= 4 is 23.8 Å². The van der Waals surface area contributed by atoms with Gasteiger partial charge in [-0.25, -0.2) is 4.79 Å². The first-order chi connectivity index (χ1) is 10.5. The molecule has 0 fully saturated rings. The average molecular weight is 342 g/mol. The molecule has 0 heterocycles. The van der Waals surface area contributed by atoms with E-state index in [0.29, 0.717) is 6.42 Å². The summed E-state index contributed by atoms with van der Waals surface area (Å²) >= 11 is 0. The monoisotopic (exact) mass is 342 g/mol. The molecule has 0 aliphatic rings. The van der Waals surface area contributed by atoms with Crippen LogP contribution in [0.1, 0.15) is 32.1 Å². The van der Waals surface area contributed by atoms with Crippen LogP contribution in [0.25, 0.3) is 0 Å². The molecular formula is C12H17F3N2O6. The Morgan fingerprint density at radius 3 is 2.09 bits per heavy atom. The van der Waals surface area contributed by atoms with E-state index in [2.05, 4.69) is 0 Å². The van der Waals surface area contributed by atoms with E-state index in [-0.39, 0.29) is 25.8 Å². The lowest BCUT2D eigenvalue weighted by atomic mass is 10.1. The van der Waals surface area contributed by atoms with Crippen LogP contribution in [-0.4, -0.2) is 52.7 Å². The van der Waals surface area contributed by atoms with Crippen molar-refractivity contribution < 1.29 is 42.6 Å². The molecule has 2 amide bonds. The zero-order valence-corrected chi connectivity index (χ0v) is 12.0. The number of hydrogen-bond acceptors (Lipinski definition) is 4. The molecule has 0 aromatic rings. The predicted octanol–water partition coefficient (Wildman–Crippen LogP) is 0.269. The van der Waals surface area contributed by atoms with Crippen LogP contribution in [0.15, 0.2) is 0 Å². The number of unbranched alkanes of at least 4 members (excludes halogenated alkanes) is 2. The van der Waals surface area contributed by atoms with E-state index >= 15 is 0 Å². The summed E-state index contributed by atoms with van der Waals surface area (Å²) in [7, 11) is 0. The number of halogens is 3. The van der Waals surface area contributed by atoms with Gasteiger partial charge in [-0.05, 0) is 12.8 Å². The summed E-state index contributed by atoms with van der Waals surface area (Å²) in [5.74, 6) is -5.56. The van der Waals surface area contributed by atoms with E-state index in [1.807, 2.05) is 5.32 Å². The zero-order chi connectivity index (χ0) is 18.0. The van der Waals surface area contributed by atoms with Crippen molar-refractivity contribution in [1.82, 2.24) is 10.6 Å². The Morgan fingerprint density at radius 1 is 1.00 bits per heavy atom. The molecule has 8 nitrogen and oxygen atoms in total. The van der Waals surface area contributed by atoms with Gasteiger partial charge in [0.1, 0.15) is 6.04 Å². The Bertz CT molecular complexity index is 453. The Hall–Kier alpha value is -2.33. The van der Waals surface area contributed by atoms with Gasteiger partial charge in [-0.1, -0.05) is 6.42 Å². The smallest absolute Gasteiger partial charge is 0.471 e. The van der Waals surface area contributed by atoms with E-state index in [4.69, 9.17) is 10.2 Å². The van der Waals surface area contributed by atoms with E-state index in [1.165, 1.54) is 0 Å². The molecule has 0 aromatic carbocycles. The molecule has 0 aliphatic heterocycles. The number of alkyl halides is 3. The predicted molar refractivity (Wildman–Crippen MR) is 69.4 cm³/mol. The molecule has 0 aliphatic carbocycles. The van der Waals surface area contributed by atoms with Gasteiger partial charge in [-0.15, -0.1) is 0 Å². The van der Waals surface area contributed by atoms with Crippen molar-refractivity contribution in [3.8, 4) is 0 Å². The molecule has 0 saturated carbocycles.